The molecule has 1 aliphatic rings. The van der Waals surface area contributed by atoms with E-state index >= 15 is 0 Å². The Morgan fingerprint density at radius 1 is 1.00 bits per heavy atom. The van der Waals surface area contributed by atoms with Gasteiger partial charge in [0.05, 0.1) is 13.1 Å². The molecular formula is C8H14N2. The Kier molecular flexibility index (Phi) is 2.37. The fourth-order valence-electron chi connectivity index (χ4n) is 0.951. The second-order valence-electron chi connectivity index (χ2n) is 2.33. The minimum absolute atomic E-state index is 0.941. The molecule has 0 amide bonds. The predicted molar refractivity (Wildman–Crippen MR) is 43.5 cm³/mol. The van der Waals surface area contributed by atoms with Crippen LogP contribution < -0.4 is 10.6 Å². The molecule has 0 aromatic heterocycles. The smallest absolute Gasteiger partial charge is 0.0542 e. The van der Waals surface area contributed by atoms with Crippen molar-refractivity contribution in [2.24, 2.45) is 0 Å². The van der Waals surface area contributed by atoms with Crippen LogP contribution >= 0.6 is 0 Å². The highest BCUT2D eigenvalue weighted by atomic mass is 15.0. The molecule has 1 heterocycles. The SMILES string of the molecule is CC=C1CNC(=CC)CN1. The lowest BCUT2D eigenvalue weighted by molar-refractivity contribution is 0.672. The summed E-state index contributed by atoms with van der Waals surface area (Å²) < 4.78 is 0. The standard InChI is InChI=1S/C8H14N2/c1-3-7-5-10-8(4-2)6-9-7/h3-4,9-10H,5-6H2,1-2H3. The van der Waals surface area contributed by atoms with E-state index in [1.165, 1.54) is 11.4 Å². The van der Waals surface area contributed by atoms with Crippen molar-refractivity contribution in [1.29, 1.82) is 0 Å². The van der Waals surface area contributed by atoms with Crippen molar-refractivity contribution in [3.8, 4) is 0 Å². The Morgan fingerprint density at radius 2 is 1.40 bits per heavy atom. The van der Waals surface area contributed by atoms with Gasteiger partial charge in [-0.1, -0.05) is 12.2 Å². The van der Waals surface area contributed by atoms with Gasteiger partial charge in [-0.2, -0.15) is 0 Å². The molecule has 1 saturated heterocycles. The predicted octanol–water partition coefficient (Wildman–Crippen LogP) is 0.987. The maximum absolute atomic E-state index is 3.30. The van der Waals surface area contributed by atoms with Gasteiger partial charge in [-0.25, -0.2) is 0 Å². The third-order valence-corrected chi connectivity index (χ3v) is 1.71. The van der Waals surface area contributed by atoms with Crippen LogP contribution in [0, 0.1) is 0 Å². The topological polar surface area (TPSA) is 24.1 Å². The van der Waals surface area contributed by atoms with Crippen LogP contribution in [0.2, 0.25) is 0 Å². The number of hydrogen-bond donors (Lipinski definition) is 2. The van der Waals surface area contributed by atoms with Gasteiger partial charge < -0.3 is 10.6 Å². The van der Waals surface area contributed by atoms with Gasteiger partial charge in [-0.3, -0.25) is 0 Å². The zero-order chi connectivity index (χ0) is 7.40. The molecule has 0 spiro atoms. The Morgan fingerprint density at radius 3 is 1.60 bits per heavy atom. The molecule has 0 aromatic rings. The van der Waals surface area contributed by atoms with Crippen LogP contribution in [0.15, 0.2) is 23.5 Å². The lowest BCUT2D eigenvalue weighted by Crippen LogP contribution is -2.36. The van der Waals surface area contributed by atoms with Crippen LogP contribution in [0.3, 0.4) is 0 Å². The summed E-state index contributed by atoms with van der Waals surface area (Å²) in [5.41, 5.74) is 2.57. The summed E-state index contributed by atoms with van der Waals surface area (Å²) in [5, 5.41) is 6.60. The van der Waals surface area contributed by atoms with E-state index in [0.29, 0.717) is 0 Å². The molecule has 0 aliphatic carbocycles. The average Bonchev–Trinajstić information content (AvgIpc) is 2.05. The van der Waals surface area contributed by atoms with Gasteiger partial charge in [-0.05, 0) is 13.8 Å². The van der Waals surface area contributed by atoms with E-state index in [1.807, 2.05) is 13.8 Å². The Balaban J connectivity index is 2.46. The van der Waals surface area contributed by atoms with Crippen LogP contribution in [-0.4, -0.2) is 13.1 Å². The lowest BCUT2D eigenvalue weighted by atomic mass is 10.3. The zero-order valence-corrected chi connectivity index (χ0v) is 6.57. The molecule has 2 N–H and O–H groups in total. The van der Waals surface area contributed by atoms with Crippen LogP contribution in [0.25, 0.3) is 0 Å². The van der Waals surface area contributed by atoms with Crippen molar-refractivity contribution < 1.29 is 0 Å². The molecule has 0 unspecified atom stereocenters. The number of hydrogen-bond acceptors (Lipinski definition) is 2. The van der Waals surface area contributed by atoms with Crippen LogP contribution in [0.1, 0.15) is 13.8 Å². The van der Waals surface area contributed by atoms with Crippen LogP contribution in [-0.2, 0) is 0 Å². The molecule has 0 atom stereocenters. The summed E-state index contributed by atoms with van der Waals surface area (Å²) in [5.74, 6) is 0. The van der Waals surface area contributed by atoms with Gasteiger partial charge in [0.1, 0.15) is 0 Å². The number of rotatable bonds is 0. The van der Waals surface area contributed by atoms with E-state index in [4.69, 9.17) is 0 Å². The summed E-state index contributed by atoms with van der Waals surface area (Å²) >= 11 is 0. The van der Waals surface area contributed by atoms with Crippen molar-refractivity contribution in [2.45, 2.75) is 13.8 Å². The third-order valence-electron chi connectivity index (χ3n) is 1.71. The minimum atomic E-state index is 0.941. The van der Waals surface area contributed by atoms with Gasteiger partial charge in [0, 0.05) is 11.4 Å². The fraction of sp³-hybridized carbons (Fsp3) is 0.500. The first-order chi connectivity index (χ1) is 4.86. The molecule has 1 rings (SSSR count). The molecule has 2 nitrogen and oxygen atoms in total. The summed E-state index contributed by atoms with van der Waals surface area (Å²) in [6.07, 6.45) is 4.19. The maximum Gasteiger partial charge on any atom is 0.0542 e. The van der Waals surface area contributed by atoms with E-state index in [9.17, 15) is 0 Å². The van der Waals surface area contributed by atoms with Crippen molar-refractivity contribution in [3.63, 3.8) is 0 Å². The molecule has 0 saturated carbocycles. The fourth-order valence-corrected chi connectivity index (χ4v) is 0.951. The second kappa shape index (κ2) is 3.30. The summed E-state index contributed by atoms with van der Waals surface area (Å²) in [6.45, 7) is 5.97. The largest absolute Gasteiger partial charge is 0.382 e. The molecule has 1 aliphatic heterocycles. The second-order valence-corrected chi connectivity index (χ2v) is 2.33. The van der Waals surface area contributed by atoms with E-state index in [1.54, 1.807) is 0 Å². The van der Waals surface area contributed by atoms with Crippen molar-refractivity contribution in [1.82, 2.24) is 10.6 Å². The summed E-state index contributed by atoms with van der Waals surface area (Å²) in [7, 11) is 0. The Labute approximate surface area is 62.0 Å². The average molecular weight is 138 g/mol. The van der Waals surface area contributed by atoms with E-state index in [2.05, 4.69) is 22.8 Å². The van der Waals surface area contributed by atoms with Crippen molar-refractivity contribution >= 4 is 0 Å². The van der Waals surface area contributed by atoms with Crippen LogP contribution in [0.4, 0.5) is 0 Å². The molecule has 0 radical (unpaired) electrons. The highest BCUT2D eigenvalue weighted by molar-refractivity contribution is 5.14. The van der Waals surface area contributed by atoms with Crippen molar-refractivity contribution in [3.05, 3.63) is 23.5 Å². The molecule has 10 heavy (non-hydrogen) atoms. The van der Waals surface area contributed by atoms with E-state index < -0.39 is 0 Å². The molecular weight excluding hydrogens is 124 g/mol. The zero-order valence-electron chi connectivity index (χ0n) is 6.57. The third kappa shape index (κ3) is 1.53. The Bertz CT molecular complexity index is 136. The van der Waals surface area contributed by atoms with Gasteiger partial charge >= 0.3 is 0 Å². The first-order valence-corrected chi connectivity index (χ1v) is 3.65. The summed E-state index contributed by atoms with van der Waals surface area (Å²) in [6, 6.07) is 0. The lowest BCUT2D eigenvalue weighted by Gasteiger charge is -2.21. The number of nitrogens with one attached hydrogen (secondary N) is 2. The van der Waals surface area contributed by atoms with Crippen molar-refractivity contribution in [2.75, 3.05) is 13.1 Å². The van der Waals surface area contributed by atoms with Crippen LogP contribution in [0.5, 0.6) is 0 Å². The quantitative estimate of drug-likeness (QED) is 0.521. The normalized spacial score (nSPS) is 26.2. The molecule has 0 bridgehead atoms. The molecule has 2 heteroatoms. The van der Waals surface area contributed by atoms with Gasteiger partial charge in [0.25, 0.3) is 0 Å². The number of piperazine rings is 1. The Hall–Kier alpha value is -0.920. The maximum atomic E-state index is 3.30. The van der Waals surface area contributed by atoms with Gasteiger partial charge in [0.2, 0.25) is 0 Å². The molecule has 56 valence electrons. The van der Waals surface area contributed by atoms with E-state index in [0.717, 1.165) is 13.1 Å². The molecule has 0 aromatic carbocycles. The van der Waals surface area contributed by atoms with Gasteiger partial charge in [0.15, 0.2) is 0 Å². The van der Waals surface area contributed by atoms with Gasteiger partial charge in [-0.15, -0.1) is 0 Å². The monoisotopic (exact) mass is 138 g/mol. The first-order valence-electron chi connectivity index (χ1n) is 3.65. The molecule has 1 fully saturated rings. The minimum Gasteiger partial charge on any atom is -0.382 e. The highest BCUT2D eigenvalue weighted by Gasteiger charge is 2.04. The van der Waals surface area contributed by atoms with E-state index in [-0.39, 0.29) is 0 Å². The first kappa shape index (κ1) is 7.19. The highest BCUT2D eigenvalue weighted by Crippen LogP contribution is 1.98. The summed E-state index contributed by atoms with van der Waals surface area (Å²) in [4.78, 5) is 0. The number of allylic oxidation sites excluding steroid dienone is 2.